The third-order valence-corrected chi connectivity index (χ3v) is 1.21. The van der Waals surface area contributed by atoms with E-state index in [2.05, 4.69) is 9.72 Å². The number of hydrogen-bond donors (Lipinski definition) is 2. The lowest BCUT2D eigenvalue weighted by molar-refractivity contribution is 0.0686. The number of aromatic nitrogens is 2. The first kappa shape index (κ1) is 8.25. The van der Waals surface area contributed by atoms with Gasteiger partial charge in [-0.3, -0.25) is 4.98 Å². The summed E-state index contributed by atoms with van der Waals surface area (Å²) in [6, 6.07) is 0. The summed E-state index contributed by atoms with van der Waals surface area (Å²) >= 11 is 0. The number of hydrogen-bond acceptors (Lipinski definition) is 4. The maximum absolute atomic E-state index is 10.6. The molecule has 6 heteroatoms. The first-order valence-electron chi connectivity index (χ1n) is 3.01. The molecule has 0 amide bonds. The predicted octanol–water partition coefficient (Wildman–Crippen LogP) is -0.523. The Labute approximate surface area is 66.8 Å². The molecule has 0 unspecified atom stereocenters. The third-order valence-electron chi connectivity index (χ3n) is 1.21. The van der Waals surface area contributed by atoms with Gasteiger partial charge in [-0.2, -0.15) is 4.98 Å². The second-order valence-electron chi connectivity index (χ2n) is 1.94. The molecule has 64 valence electrons. The molecular weight excluding hydrogens is 164 g/mol. The second kappa shape index (κ2) is 3.04. The van der Waals surface area contributed by atoms with E-state index in [1.165, 1.54) is 7.11 Å². The number of aromatic carboxylic acids is 1. The lowest BCUT2D eigenvalue weighted by atomic mass is 10.4. The zero-order valence-corrected chi connectivity index (χ0v) is 6.20. The smallest absolute Gasteiger partial charge is 0.356 e. The van der Waals surface area contributed by atoms with E-state index in [9.17, 15) is 9.59 Å². The minimum absolute atomic E-state index is 0.0297. The van der Waals surface area contributed by atoms with Gasteiger partial charge in [-0.25, -0.2) is 9.59 Å². The highest BCUT2D eigenvalue weighted by Gasteiger charge is 2.11. The van der Waals surface area contributed by atoms with Crippen molar-refractivity contribution in [1.82, 2.24) is 9.97 Å². The van der Waals surface area contributed by atoms with E-state index in [1.807, 2.05) is 4.98 Å². The number of carbonyl (C=O) groups is 1. The molecule has 0 aliphatic carbocycles. The molecule has 1 rings (SSSR count). The van der Waals surface area contributed by atoms with Crippen LogP contribution in [0.2, 0.25) is 0 Å². The molecule has 0 spiro atoms. The summed E-state index contributed by atoms with van der Waals surface area (Å²) in [4.78, 5) is 26.4. The molecule has 0 saturated heterocycles. The zero-order valence-electron chi connectivity index (χ0n) is 6.20. The van der Waals surface area contributed by atoms with Crippen LogP contribution >= 0.6 is 0 Å². The summed E-state index contributed by atoms with van der Waals surface area (Å²) in [5.74, 6) is -1.23. The Morgan fingerprint density at radius 2 is 2.42 bits per heavy atom. The molecule has 0 aliphatic heterocycles. The van der Waals surface area contributed by atoms with Crippen molar-refractivity contribution in [3.8, 4) is 5.75 Å². The van der Waals surface area contributed by atoms with Crippen LogP contribution in [0.1, 0.15) is 10.5 Å². The van der Waals surface area contributed by atoms with Gasteiger partial charge >= 0.3 is 11.7 Å². The highest BCUT2D eigenvalue weighted by molar-refractivity contribution is 5.88. The van der Waals surface area contributed by atoms with E-state index in [4.69, 9.17) is 5.11 Å². The summed E-state index contributed by atoms with van der Waals surface area (Å²) in [6.45, 7) is 0. The molecule has 1 heterocycles. The summed E-state index contributed by atoms with van der Waals surface area (Å²) in [7, 11) is 1.29. The fourth-order valence-corrected chi connectivity index (χ4v) is 0.696. The molecule has 6 nitrogen and oxygen atoms in total. The lowest BCUT2D eigenvalue weighted by Gasteiger charge is -2.00. The van der Waals surface area contributed by atoms with Crippen LogP contribution in [0.3, 0.4) is 0 Å². The Morgan fingerprint density at radius 1 is 1.75 bits per heavy atom. The molecule has 2 N–H and O–H groups in total. The molecule has 12 heavy (non-hydrogen) atoms. The standard InChI is InChI=1S/C6H6N2O4/c1-12-3-2-7-6(11)8-4(3)5(9)10/h2H,1H3,(H,9,10)(H,7,8,11). The molecule has 0 aromatic carbocycles. The van der Waals surface area contributed by atoms with Crippen LogP contribution in [0.4, 0.5) is 0 Å². The lowest BCUT2D eigenvalue weighted by Crippen LogP contribution is -2.16. The Bertz CT molecular complexity index is 357. The number of H-pyrrole nitrogens is 1. The second-order valence-corrected chi connectivity index (χ2v) is 1.94. The molecule has 0 fully saturated rings. The van der Waals surface area contributed by atoms with Gasteiger partial charge in [0, 0.05) is 0 Å². The number of aromatic amines is 1. The fraction of sp³-hybridized carbons (Fsp3) is 0.167. The van der Waals surface area contributed by atoms with E-state index in [-0.39, 0.29) is 11.4 Å². The molecule has 0 atom stereocenters. The highest BCUT2D eigenvalue weighted by Crippen LogP contribution is 2.10. The number of methoxy groups -OCH3 is 1. The van der Waals surface area contributed by atoms with Crippen LogP contribution in [-0.2, 0) is 0 Å². The molecule has 0 radical (unpaired) electrons. The summed E-state index contributed by atoms with van der Waals surface area (Å²) in [6.07, 6.45) is 1.06. The van der Waals surface area contributed by atoms with E-state index in [1.54, 1.807) is 0 Å². The summed E-state index contributed by atoms with van der Waals surface area (Å²) in [5.41, 5.74) is -1.01. The maximum atomic E-state index is 10.6. The van der Waals surface area contributed by atoms with Crippen molar-refractivity contribution in [2.45, 2.75) is 0 Å². The van der Waals surface area contributed by atoms with Crippen molar-refractivity contribution in [3.63, 3.8) is 0 Å². The Kier molecular flexibility index (Phi) is 2.09. The zero-order chi connectivity index (χ0) is 9.14. The predicted molar refractivity (Wildman–Crippen MR) is 38.4 cm³/mol. The van der Waals surface area contributed by atoms with Crippen LogP contribution in [0, 0.1) is 0 Å². The van der Waals surface area contributed by atoms with E-state index in [0.717, 1.165) is 6.20 Å². The number of nitrogens with zero attached hydrogens (tertiary/aromatic N) is 1. The van der Waals surface area contributed by atoms with Gasteiger partial charge in [0.25, 0.3) is 0 Å². The number of nitrogens with one attached hydrogen (secondary N) is 1. The van der Waals surface area contributed by atoms with Gasteiger partial charge in [0.15, 0.2) is 11.4 Å². The van der Waals surface area contributed by atoms with Crippen LogP contribution in [0.25, 0.3) is 0 Å². The van der Waals surface area contributed by atoms with E-state index >= 15 is 0 Å². The van der Waals surface area contributed by atoms with Gasteiger partial charge in [0.2, 0.25) is 0 Å². The van der Waals surface area contributed by atoms with Crippen LogP contribution < -0.4 is 10.4 Å². The first-order chi connectivity index (χ1) is 5.65. The van der Waals surface area contributed by atoms with Crippen molar-refractivity contribution in [3.05, 3.63) is 22.4 Å². The van der Waals surface area contributed by atoms with Crippen molar-refractivity contribution in [2.75, 3.05) is 7.11 Å². The SMILES string of the molecule is COc1cnc(=O)[nH]c1C(=O)O. The van der Waals surface area contributed by atoms with Crippen molar-refractivity contribution in [1.29, 1.82) is 0 Å². The van der Waals surface area contributed by atoms with Gasteiger partial charge in [0.1, 0.15) is 0 Å². The monoisotopic (exact) mass is 170 g/mol. The largest absolute Gasteiger partial charge is 0.493 e. The number of rotatable bonds is 2. The van der Waals surface area contributed by atoms with E-state index < -0.39 is 11.7 Å². The highest BCUT2D eigenvalue weighted by atomic mass is 16.5. The summed E-state index contributed by atoms with van der Waals surface area (Å²) < 4.78 is 4.65. The molecule has 1 aromatic rings. The van der Waals surface area contributed by atoms with Gasteiger partial charge in [-0.05, 0) is 0 Å². The molecule has 0 aliphatic rings. The van der Waals surface area contributed by atoms with Gasteiger partial charge in [-0.1, -0.05) is 0 Å². The van der Waals surface area contributed by atoms with Crippen LogP contribution in [0.15, 0.2) is 11.0 Å². The topological polar surface area (TPSA) is 92.3 Å². The first-order valence-corrected chi connectivity index (χ1v) is 3.01. The van der Waals surface area contributed by atoms with Crippen LogP contribution in [-0.4, -0.2) is 28.2 Å². The van der Waals surface area contributed by atoms with Gasteiger partial charge < -0.3 is 9.84 Å². The van der Waals surface area contributed by atoms with Crippen molar-refractivity contribution < 1.29 is 14.6 Å². The molecule has 0 bridgehead atoms. The minimum Gasteiger partial charge on any atom is -0.493 e. The minimum atomic E-state index is -1.26. The van der Waals surface area contributed by atoms with Crippen LogP contribution in [0.5, 0.6) is 5.75 Å². The number of carboxylic acid groups (broad SMARTS) is 1. The maximum Gasteiger partial charge on any atom is 0.356 e. The van der Waals surface area contributed by atoms with Gasteiger partial charge in [0.05, 0.1) is 13.3 Å². The molecular formula is C6H6N2O4. The Balaban J connectivity index is 3.31. The molecule has 1 aromatic heterocycles. The number of carboxylic acids is 1. The average Bonchev–Trinajstić information content (AvgIpc) is 2.04. The third kappa shape index (κ3) is 1.42. The Morgan fingerprint density at radius 3 is 2.92 bits per heavy atom. The molecule has 0 saturated carbocycles. The fourth-order valence-electron chi connectivity index (χ4n) is 0.696. The quantitative estimate of drug-likeness (QED) is 0.622. The Hall–Kier alpha value is -1.85. The average molecular weight is 170 g/mol. The van der Waals surface area contributed by atoms with Crippen molar-refractivity contribution in [2.24, 2.45) is 0 Å². The summed E-state index contributed by atoms with van der Waals surface area (Å²) in [5, 5.41) is 8.54. The van der Waals surface area contributed by atoms with E-state index in [0.29, 0.717) is 0 Å². The normalized spacial score (nSPS) is 9.42. The number of ether oxygens (including phenoxy) is 1. The van der Waals surface area contributed by atoms with Gasteiger partial charge in [-0.15, -0.1) is 0 Å². The van der Waals surface area contributed by atoms with Crippen molar-refractivity contribution >= 4 is 5.97 Å².